The van der Waals surface area contributed by atoms with Crippen molar-refractivity contribution in [1.82, 2.24) is 0 Å². The number of rotatable bonds is 1. The van der Waals surface area contributed by atoms with E-state index in [1.54, 1.807) is 0 Å². The van der Waals surface area contributed by atoms with Crippen LogP contribution in [-0.2, 0) is 23.9 Å². The molecule has 0 saturated heterocycles. The van der Waals surface area contributed by atoms with Gasteiger partial charge >= 0.3 is 5.97 Å². The molecule has 0 N–H and O–H groups in total. The number of fused-ring (bicyclic) bond motifs is 5. The van der Waals surface area contributed by atoms with Gasteiger partial charge in [0.1, 0.15) is 17.0 Å². The molecular weight excluding hydrogens is 320 g/mol. The maximum Gasteiger partial charge on any atom is 0.319 e. The van der Waals surface area contributed by atoms with E-state index in [1.807, 2.05) is 0 Å². The van der Waals surface area contributed by atoms with E-state index in [0.717, 1.165) is 19.3 Å². The molecule has 0 aromatic rings. The molecule has 5 nitrogen and oxygen atoms in total. The van der Waals surface area contributed by atoms with E-state index in [-0.39, 0.29) is 52.9 Å². The van der Waals surface area contributed by atoms with Crippen LogP contribution in [0.1, 0.15) is 58.3 Å². The van der Waals surface area contributed by atoms with Gasteiger partial charge in [0.2, 0.25) is 0 Å². The zero-order valence-electron chi connectivity index (χ0n) is 15.0. The Morgan fingerprint density at radius 3 is 2.60 bits per heavy atom. The molecule has 0 unspecified atom stereocenters. The average Bonchev–Trinajstić information content (AvgIpc) is 2.88. The van der Waals surface area contributed by atoms with E-state index in [1.165, 1.54) is 7.11 Å². The standard InChI is InChI=1S/C20H26O5/c1-19-7-6-13-17(14(19)9-12(21)10-19)15(22)8-11-4-3-5-16(23)20(11,13)18(24)25-2/h11,13-14,17H,3-10H2,1-2H3/t11-,13-,14-,17-,19-,20+/m0/s1. The fraction of sp³-hybridized carbons (Fsp3) is 0.800. The van der Waals surface area contributed by atoms with E-state index in [2.05, 4.69) is 6.92 Å². The van der Waals surface area contributed by atoms with E-state index < -0.39 is 11.4 Å². The lowest BCUT2D eigenvalue weighted by atomic mass is 9.44. The predicted octanol–water partition coefficient (Wildman–Crippen LogP) is 2.50. The minimum Gasteiger partial charge on any atom is -0.468 e. The third-order valence-corrected chi connectivity index (χ3v) is 7.83. The maximum atomic E-state index is 13.1. The molecule has 0 aromatic carbocycles. The van der Waals surface area contributed by atoms with Crippen molar-refractivity contribution < 1.29 is 23.9 Å². The summed E-state index contributed by atoms with van der Waals surface area (Å²) in [5, 5.41) is 0. The Bertz CT molecular complexity index is 657. The Morgan fingerprint density at radius 1 is 1.12 bits per heavy atom. The summed E-state index contributed by atoms with van der Waals surface area (Å²) in [5.74, 6) is -0.992. The highest BCUT2D eigenvalue weighted by Gasteiger charge is 2.68. The number of carbonyl (C=O) groups excluding carboxylic acids is 4. The van der Waals surface area contributed by atoms with Crippen molar-refractivity contribution in [2.45, 2.75) is 58.3 Å². The van der Waals surface area contributed by atoms with Crippen LogP contribution >= 0.6 is 0 Å². The first-order valence-corrected chi connectivity index (χ1v) is 9.50. The second kappa shape index (κ2) is 5.49. The van der Waals surface area contributed by atoms with Gasteiger partial charge in [-0.3, -0.25) is 19.2 Å². The van der Waals surface area contributed by atoms with Crippen LogP contribution < -0.4 is 0 Å². The van der Waals surface area contributed by atoms with Crippen LogP contribution in [-0.4, -0.2) is 30.4 Å². The number of ether oxygens (including phenoxy) is 1. The number of hydrogen-bond donors (Lipinski definition) is 0. The smallest absolute Gasteiger partial charge is 0.319 e. The van der Waals surface area contributed by atoms with Crippen molar-refractivity contribution in [3.05, 3.63) is 0 Å². The molecule has 25 heavy (non-hydrogen) atoms. The highest BCUT2D eigenvalue weighted by atomic mass is 16.5. The largest absolute Gasteiger partial charge is 0.468 e. The first kappa shape index (κ1) is 16.9. The summed E-state index contributed by atoms with van der Waals surface area (Å²) in [6.07, 6.45) is 4.55. The zero-order valence-corrected chi connectivity index (χ0v) is 15.0. The van der Waals surface area contributed by atoms with Crippen LogP contribution in [0.15, 0.2) is 0 Å². The highest BCUT2D eigenvalue weighted by Crippen LogP contribution is 2.64. The third kappa shape index (κ3) is 2.07. The van der Waals surface area contributed by atoms with E-state index >= 15 is 0 Å². The summed E-state index contributed by atoms with van der Waals surface area (Å²) in [5.41, 5.74) is -1.31. The first-order chi connectivity index (χ1) is 11.8. The normalized spacial score (nSPS) is 46.2. The van der Waals surface area contributed by atoms with Gasteiger partial charge < -0.3 is 4.74 Å². The predicted molar refractivity (Wildman–Crippen MR) is 88.5 cm³/mol. The summed E-state index contributed by atoms with van der Waals surface area (Å²) in [4.78, 5) is 51.2. The summed E-state index contributed by atoms with van der Waals surface area (Å²) < 4.78 is 5.12. The summed E-state index contributed by atoms with van der Waals surface area (Å²) in [7, 11) is 1.34. The number of methoxy groups -OCH3 is 1. The minimum atomic E-state index is -1.15. The molecule has 0 radical (unpaired) electrons. The van der Waals surface area contributed by atoms with E-state index in [4.69, 9.17) is 4.74 Å². The van der Waals surface area contributed by atoms with Gasteiger partial charge in [0.25, 0.3) is 0 Å². The lowest BCUT2D eigenvalue weighted by Crippen LogP contribution is -2.63. The topological polar surface area (TPSA) is 77.5 Å². The quantitative estimate of drug-likeness (QED) is 0.538. The molecule has 4 rings (SSSR count). The van der Waals surface area contributed by atoms with Gasteiger partial charge in [0.05, 0.1) is 7.11 Å². The second-order valence-corrected chi connectivity index (χ2v) is 8.89. The molecular formula is C20H26O5. The summed E-state index contributed by atoms with van der Waals surface area (Å²) >= 11 is 0. The summed E-state index contributed by atoms with van der Waals surface area (Å²) in [6.45, 7) is 2.10. The van der Waals surface area contributed by atoms with Crippen molar-refractivity contribution in [1.29, 1.82) is 0 Å². The molecule has 4 saturated carbocycles. The Labute approximate surface area is 147 Å². The van der Waals surface area contributed by atoms with Crippen molar-refractivity contribution in [2.24, 2.45) is 34.5 Å². The molecule has 0 spiro atoms. The number of Topliss-reactive ketones (excluding diaryl/α,β-unsaturated/α-hetero) is 3. The van der Waals surface area contributed by atoms with Crippen LogP contribution in [0.2, 0.25) is 0 Å². The molecule has 0 amide bonds. The molecule has 0 bridgehead atoms. The number of hydrogen-bond acceptors (Lipinski definition) is 5. The van der Waals surface area contributed by atoms with Gasteiger partial charge in [-0.25, -0.2) is 0 Å². The number of ketones is 3. The van der Waals surface area contributed by atoms with Crippen molar-refractivity contribution in [2.75, 3.05) is 7.11 Å². The molecule has 136 valence electrons. The monoisotopic (exact) mass is 346 g/mol. The molecule has 4 aliphatic rings. The van der Waals surface area contributed by atoms with E-state index in [0.29, 0.717) is 25.7 Å². The summed E-state index contributed by atoms with van der Waals surface area (Å²) in [6, 6.07) is 0. The number of carbonyl (C=O) groups is 4. The fourth-order valence-corrected chi connectivity index (χ4v) is 6.81. The molecule has 5 heteroatoms. The van der Waals surface area contributed by atoms with Gasteiger partial charge in [-0.1, -0.05) is 6.92 Å². The van der Waals surface area contributed by atoms with Crippen LogP contribution in [0.3, 0.4) is 0 Å². The van der Waals surface area contributed by atoms with Crippen LogP contribution in [0.4, 0.5) is 0 Å². The minimum absolute atomic E-state index is 0.0246. The average molecular weight is 346 g/mol. The van der Waals surface area contributed by atoms with Gasteiger partial charge in [-0.15, -0.1) is 0 Å². The van der Waals surface area contributed by atoms with Gasteiger partial charge in [-0.05, 0) is 48.9 Å². The molecule has 0 heterocycles. The van der Waals surface area contributed by atoms with Crippen molar-refractivity contribution in [3.8, 4) is 0 Å². The van der Waals surface area contributed by atoms with Crippen molar-refractivity contribution in [3.63, 3.8) is 0 Å². The fourth-order valence-electron chi connectivity index (χ4n) is 6.81. The third-order valence-electron chi connectivity index (χ3n) is 7.83. The van der Waals surface area contributed by atoms with Gasteiger partial charge in [0.15, 0.2) is 5.78 Å². The van der Waals surface area contributed by atoms with E-state index in [9.17, 15) is 19.2 Å². The van der Waals surface area contributed by atoms with Crippen LogP contribution in [0.5, 0.6) is 0 Å². The lowest BCUT2D eigenvalue weighted by Gasteiger charge is -2.57. The highest BCUT2D eigenvalue weighted by molar-refractivity contribution is 6.07. The first-order valence-electron chi connectivity index (χ1n) is 9.50. The second-order valence-electron chi connectivity index (χ2n) is 8.89. The Hall–Kier alpha value is -1.52. The van der Waals surface area contributed by atoms with Gasteiger partial charge in [-0.2, -0.15) is 0 Å². The zero-order chi connectivity index (χ0) is 18.0. The Morgan fingerprint density at radius 2 is 1.88 bits per heavy atom. The molecule has 4 aliphatic carbocycles. The molecule has 6 atom stereocenters. The molecule has 0 aliphatic heterocycles. The van der Waals surface area contributed by atoms with Gasteiger partial charge in [0, 0.05) is 31.6 Å². The van der Waals surface area contributed by atoms with Crippen molar-refractivity contribution >= 4 is 23.3 Å². The van der Waals surface area contributed by atoms with Crippen LogP contribution in [0, 0.1) is 34.5 Å². The Balaban J connectivity index is 1.83. The lowest BCUT2D eigenvalue weighted by molar-refractivity contribution is -0.185. The van der Waals surface area contributed by atoms with Crippen LogP contribution in [0.25, 0.3) is 0 Å². The number of esters is 1. The maximum absolute atomic E-state index is 13.1. The molecule has 0 aromatic heterocycles. The SMILES string of the molecule is COC(=O)[C@]12C(=O)CCC[C@H]1CC(=O)[C@@H]1[C@@H]3CC(=O)C[C@]3(C)CC[C@@H]12. The Kier molecular flexibility index (Phi) is 3.71. The molecule has 4 fully saturated rings.